The molecule has 0 saturated heterocycles. The Kier molecular flexibility index (Phi) is 5.26. The molecule has 0 saturated carbocycles. The fraction of sp³-hybridized carbons (Fsp3) is 0.133. The summed E-state index contributed by atoms with van der Waals surface area (Å²) in [5.41, 5.74) is 0.463. The van der Waals surface area contributed by atoms with Crippen LogP contribution in [-0.4, -0.2) is 30.0 Å². The van der Waals surface area contributed by atoms with E-state index in [4.69, 9.17) is 5.21 Å². The Morgan fingerprint density at radius 3 is 2.59 bits per heavy atom. The van der Waals surface area contributed by atoms with Gasteiger partial charge in [0.05, 0.1) is 7.11 Å². The van der Waals surface area contributed by atoms with E-state index in [0.29, 0.717) is 10.4 Å². The summed E-state index contributed by atoms with van der Waals surface area (Å²) in [5.74, 6) is -0.683. The van der Waals surface area contributed by atoms with Gasteiger partial charge in [0.2, 0.25) is 0 Å². The third kappa shape index (κ3) is 3.92. The van der Waals surface area contributed by atoms with Crippen molar-refractivity contribution in [3.63, 3.8) is 0 Å². The van der Waals surface area contributed by atoms with Crippen molar-refractivity contribution in [1.82, 2.24) is 5.32 Å². The smallest absolute Gasteiger partial charge is 0.348 e. The molecule has 1 aromatic carbocycles. The van der Waals surface area contributed by atoms with E-state index < -0.39 is 5.97 Å². The molecule has 2 aromatic rings. The largest absolute Gasteiger partial charge is 0.465 e. The quantitative estimate of drug-likeness (QED) is 0.298. The van der Waals surface area contributed by atoms with Crippen LogP contribution in [0.1, 0.15) is 24.9 Å². The monoisotopic (exact) mass is 318 g/mol. The number of methoxy groups -OCH3 is 1. The van der Waals surface area contributed by atoms with Crippen LogP contribution in [0.4, 0.5) is 0 Å². The fourth-order valence-electron chi connectivity index (χ4n) is 1.75. The van der Waals surface area contributed by atoms with Crippen LogP contribution in [0.25, 0.3) is 0 Å². The molecule has 2 rings (SSSR count). The lowest BCUT2D eigenvalue weighted by Gasteiger charge is -2.06. The number of thiophene rings is 1. The van der Waals surface area contributed by atoms with Crippen molar-refractivity contribution < 1.29 is 19.5 Å². The van der Waals surface area contributed by atoms with E-state index in [9.17, 15) is 9.59 Å². The second kappa shape index (κ2) is 7.37. The summed E-state index contributed by atoms with van der Waals surface area (Å²) in [5, 5.41) is 14.7. The van der Waals surface area contributed by atoms with Gasteiger partial charge in [-0.05, 0) is 24.3 Å². The van der Waals surface area contributed by atoms with Gasteiger partial charge in [-0.15, -0.1) is 11.3 Å². The highest BCUT2D eigenvalue weighted by atomic mass is 32.1. The van der Waals surface area contributed by atoms with Crippen LogP contribution >= 0.6 is 11.3 Å². The van der Waals surface area contributed by atoms with Crippen molar-refractivity contribution >= 4 is 29.0 Å². The van der Waals surface area contributed by atoms with E-state index in [1.54, 1.807) is 42.5 Å². The number of carbonyl (C=O) groups is 2. The number of amidine groups is 1. The van der Waals surface area contributed by atoms with Gasteiger partial charge in [0.15, 0.2) is 5.84 Å². The van der Waals surface area contributed by atoms with Gasteiger partial charge in [-0.3, -0.25) is 4.79 Å². The third-order valence-electron chi connectivity index (χ3n) is 2.80. The van der Waals surface area contributed by atoms with Crippen LogP contribution in [0.2, 0.25) is 0 Å². The number of nitrogens with one attached hydrogen (secondary N) is 1. The summed E-state index contributed by atoms with van der Waals surface area (Å²) < 4.78 is 4.63. The topological polar surface area (TPSA) is 88.0 Å². The Labute approximate surface area is 131 Å². The average molecular weight is 318 g/mol. The minimum Gasteiger partial charge on any atom is -0.465 e. The molecule has 0 aliphatic rings. The van der Waals surface area contributed by atoms with Crippen molar-refractivity contribution in [2.75, 3.05) is 7.11 Å². The molecule has 2 N–H and O–H groups in total. The first-order valence-electron chi connectivity index (χ1n) is 6.38. The number of carbonyl (C=O) groups excluding carboxylic acids is 2. The minimum atomic E-state index is -0.424. The van der Waals surface area contributed by atoms with E-state index >= 15 is 0 Å². The van der Waals surface area contributed by atoms with Crippen LogP contribution in [0.5, 0.6) is 0 Å². The predicted molar refractivity (Wildman–Crippen MR) is 82.5 cm³/mol. The van der Waals surface area contributed by atoms with E-state index in [2.05, 4.69) is 15.2 Å². The molecule has 6 nitrogen and oxygen atoms in total. The predicted octanol–water partition coefficient (Wildman–Crippen LogP) is 2.29. The second-order valence-electron chi connectivity index (χ2n) is 4.30. The van der Waals surface area contributed by atoms with Crippen molar-refractivity contribution in [2.24, 2.45) is 5.16 Å². The van der Waals surface area contributed by atoms with Crippen molar-refractivity contribution in [2.45, 2.75) is 6.42 Å². The number of rotatable bonds is 4. The van der Waals surface area contributed by atoms with E-state index in [0.717, 1.165) is 4.88 Å². The number of esters is 1. The van der Waals surface area contributed by atoms with Crippen molar-refractivity contribution in [3.8, 4) is 0 Å². The highest BCUT2D eigenvalue weighted by Crippen LogP contribution is 2.18. The number of ether oxygens (including phenoxy) is 1. The molecular weight excluding hydrogens is 304 g/mol. The number of nitrogens with zero attached hydrogens (tertiary/aromatic N) is 1. The minimum absolute atomic E-state index is 0.104. The number of oxime groups is 1. The standard InChI is InChI=1S/C15H14N2O4S/c1-21-15(19)12-8-7-11(22-12)9-13(17-20)16-14(18)10-5-3-2-4-6-10/h2-8,20H,9H2,1H3,(H,16,17,18). The summed E-state index contributed by atoms with van der Waals surface area (Å²) >= 11 is 1.21. The van der Waals surface area contributed by atoms with Gasteiger partial charge in [-0.25, -0.2) is 4.79 Å². The lowest BCUT2D eigenvalue weighted by molar-refractivity contribution is 0.0606. The zero-order chi connectivity index (χ0) is 15.9. The van der Waals surface area contributed by atoms with Gasteiger partial charge >= 0.3 is 5.97 Å². The van der Waals surface area contributed by atoms with Crippen LogP contribution in [0.3, 0.4) is 0 Å². The number of hydrogen-bond donors (Lipinski definition) is 2. The van der Waals surface area contributed by atoms with E-state index in [-0.39, 0.29) is 18.2 Å². The van der Waals surface area contributed by atoms with Crippen LogP contribution in [0.15, 0.2) is 47.6 Å². The van der Waals surface area contributed by atoms with Gasteiger partial charge in [0.1, 0.15) is 4.88 Å². The molecule has 22 heavy (non-hydrogen) atoms. The van der Waals surface area contributed by atoms with Crippen LogP contribution < -0.4 is 5.32 Å². The van der Waals surface area contributed by atoms with Gasteiger partial charge in [0.25, 0.3) is 5.91 Å². The summed E-state index contributed by atoms with van der Waals surface area (Å²) in [4.78, 5) is 24.6. The number of amides is 1. The maximum atomic E-state index is 12.0. The van der Waals surface area contributed by atoms with Gasteiger partial charge in [-0.1, -0.05) is 23.4 Å². The SMILES string of the molecule is COC(=O)c1ccc(C/C(=N\O)NC(=O)c2ccccc2)s1. The molecule has 0 aliphatic heterocycles. The normalized spacial score (nSPS) is 11.0. The Balaban J connectivity index is 2.03. The first-order chi connectivity index (χ1) is 10.6. The second-order valence-corrected chi connectivity index (χ2v) is 5.47. The molecule has 1 heterocycles. The maximum Gasteiger partial charge on any atom is 0.348 e. The summed E-state index contributed by atoms with van der Waals surface area (Å²) in [6.45, 7) is 0. The lowest BCUT2D eigenvalue weighted by Crippen LogP contribution is -2.31. The zero-order valence-electron chi connectivity index (χ0n) is 11.8. The molecule has 0 bridgehead atoms. The third-order valence-corrected chi connectivity index (χ3v) is 3.87. The maximum absolute atomic E-state index is 12.0. The van der Waals surface area contributed by atoms with Gasteiger partial charge < -0.3 is 15.3 Å². The molecule has 0 unspecified atom stereocenters. The van der Waals surface area contributed by atoms with E-state index in [1.807, 2.05) is 0 Å². The first kappa shape index (κ1) is 15.7. The highest BCUT2D eigenvalue weighted by molar-refractivity contribution is 7.14. The Hall–Kier alpha value is -2.67. The summed E-state index contributed by atoms with van der Waals surface area (Å²) in [6, 6.07) is 11.9. The summed E-state index contributed by atoms with van der Waals surface area (Å²) in [6.07, 6.45) is 0.205. The van der Waals surface area contributed by atoms with Gasteiger partial charge in [0, 0.05) is 16.9 Å². The lowest BCUT2D eigenvalue weighted by atomic mass is 10.2. The Morgan fingerprint density at radius 2 is 1.95 bits per heavy atom. The average Bonchev–Trinajstić information content (AvgIpc) is 3.02. The molecule has 0 aliphatic carbocycles. The molecule has 1 amide bonds. The molecule has 0 spiro atoms. The fourth-order valence-corrected chi connectivity index (χ4v) is 2.68. The molecule has 0 fully saturated rings. The first-order valence-corrected chi connectivity index (χ1v) is 7.20. The zero-order valence-corrected chi connectivity index (χ0v) is 12.6. The molecular formula is C15H14N2O4S. The van der Waals surface area contributed by atoms with Gasteiger partial charge in [-0.2, -0.15) is 0 Å². The van der Waals surface area contributed by atoms with Crippen LogP contribution in [0, 0.1) is 0 Å². The van der Waals surface area contributed by atoms with Crippen LogP contribution in [-0.2, 0) is 11.2 Å². The molecule has 0 radical (unpaired) electrons. The van der Waals surface area contributed by atoms with E-state index in [1.165, 1.54) is 18.4 Å². The van der Waals surface area contributed by atoms with Crippen molar-refractivity contribution in [1.29, 1.82) is 0 Å². The Bertz CT molecular complexity index is 695. The molecule has 0 atom stereocenters. The number of benzene rings is 1. The molecule has 7 heteroatoms. The highest BCUT2D eigenvalue weighted by Gasteiger charge is 2.13. The Morgan fingerprint density at radius 1 is 1.23 bits per heavy atom. The molecule has 1 aromatic heterocycles. The number of hydrogen-bond acceptors (Lipinski definition) is 6. The summed E-state index contributed by atoms with van der Waals surface area (Å²) in [7, 11) is 1.31. The molecule has 114 valence electrons. The van der Waals surface area contributed by atoms with Crippen molar-refractivity contribution in [3.05, 3.63) is 57.8 Å².